The molecule has 3 unspecified atom stereocenters. The number of carbonyl (C=O) groups excluding carboxylic acids is 1. The van der Waals surface area contributed by atoms with Crippen LogP contribution in [0.1, 0.15) is 39.0 Å². The molecule has 0 aromatic heterocycles. The molecule has 1 aliphatic rings. The summed E-state index contributed by atoms with van der Waals surface area (Å²) in [6.07, 6.45) is 4.65. The summed E-state index contributed by atoms with van der Waals surface area (Å²) in [5.74, 6) is 0.459. The van der Waals surface area contributed by atoms with Gasteiger partial charge in [0.2, 0.25) is 5.91 Å². The third-order valence-corrected chi connectivity index (χ3v) is 3.33. The SMILES string of the molecule is CC(CC#N)NC(=O)C1CCCCC1CN. The molecule has 1 fully saturated rings. The van der Waals surface area contributed by atoms with Crippen molar-refractivity contribution in [2.75, 3.05) is 6.54 Å². The lowest BCUT2D eigenvalue weighted by Crippen LogP contribution is -2.42. The first kappa shape index (κ1) is 13.0. The summed E-state index contributed by atoms with van der Waals surface area (Å²) in [4.78, 5) is 12.0. The monoisotopic (exact) mass is 223 g/mol. The van der Waals surface area contributed by atoms with Crippen LogP contribution in [0, 0.1) is 23.2 Å². The summed E-state index contributed by atoms with van der Waals surface area (Å²) < 4.78 is 0. The van der Waals surface area contributed by atoms with Gasteiger partial charge in [-0.3, -0.25) is 4.79 Å². The van der Waals surface area contributed by atoms with E-state index in [0.29, 0.717) is 18.9 Å². The van der Waals surface area contributed by atoms with E-state index in [-0.39, 0.29) is 17.9 Å². The van der Waals surface area contributed by atoms with E-state index in [1.54, 1.807) is 0 Å². The molecule has 0 saturated heterocycles. The van der Waals surface area contributed by atoms with E-state index >= 15 is 0 Å². The molecule has 1 saturated carbocycles. The van der Waals surface area contributed by atoms with Crippen LogP contribution < -0.4 is 11.1 Å². The van der Waals surface area contributed by atoms with Crippen molar-refractivity contribution in [1.82, 2.24) is 5.32 Å². The maximum Gasteiger partial charge on any atom is 0.223 e. The van der Waals surface area contributed by atoms with Crippen molar-refractivity contribution in [2.45, 2.75) is 45.1 Å². The van der Waals surface area contributed by atoms with Gasteiger partial charge in [0.25, 0.3) is 0 Å². The van der Waals surface area contributed by atoms with Crippen molar-refractivity contribution >= 4 is 5.91 Å². The highest BCUT2D eigenvalue weighted by Crippen LogP contribution is 2.29. The molecule has 1 amide bonds. The van der Waals surface area contributed by atoms with Gasteiger partial charge in [-0.15, -0.1) is 0 Å². The van der Waals surface area contributed by atoms with Crippen LogP contribution in [-0.4, -0.2) is 18.5 Å². The Labute approximate surface area is 97.2 Å². The molecule has 0 aromatic rings. The van der Waals surface area contributed by atoms with E-state index in [0.717, 1.165) is 19.3 Å². The number of rotatable bonds is 4. The summed E-state index contributed by atoms with van der Waals surface area (Å²) >= 11 is 0. The quantitative estimate of drug-likeness (QED) is 0.751. The average Bonchev–Trinajstić information content (AvgIpc) is 2.29. The molecular weight excluding hydrogens is 202 g/mol. The molecule has 1 aliphatic carbocycles. The first-order valence-electron chi connectivity index (χ1n) is 6.06. The third kappa shape index (κ3) is 3.49. The van der Waals surface area contributed by atoms with Gasteiger partial charge < -0.3 is 11.1 Å². The zero-order chi connectivity index (χ0) is 12.0. The lowest BCUT2D eigenvalue weighted by Gasteiger charge is -2.30. The molecule has 0 spiro atoms. The van der Waals surface area contributed by atoms with Gasteiger partial charge in [0.15, 0.2) is 0 Å². The maximum absolute atomic E-state index is 12.0. The van der Waals surface area contributed by atoms with Gasteiger partial charge >= 0.3 is 0 Å². The molecule has 4 nitrogen and oxygen atoms in total. The molecule has 90 valence electrons. The highest BCUT2D eigenvalue weighted by Gasteiger charge is 2.30. The minimum absolute atomic E-state index is 0.0555. The first-order chi connectivity index (χ1) is 7.69. The average molecular weight is 223 g/mol. The van der Waals surface area contributed by atoms with Crippen molar-refractivity contribution in [3.05, 3.63) is 0 Å². The number of carbonyl (C=O) groups is 1. The van der Waals surface area contributed by atoms with Crippen LogP contribution in [0.4, 0.5) is 0 Å². The summed E-state index contributed by atoms with van der Waals surface area (Å²) in [7, 11) is 0. The molecule has 0 heterocycles. The second-order valence-electron chi connectivity index (χ2n) is 4.66. The van der Waals surface area contributed by atoms with E-state index < -0.39 is 0 Å². The summed E-state index contributed by atoms with van der Waals surface area (Å²) in [6, 6.07) is 2.00. The van der Waals surface area contributed by atoms with Gasteiger partial charge in [-0.2, -0.15) is 5.26 Å². The fourth-order valence-corrected chi connectivity index (χ4v) is 2.37. The molecule has 16 heavy (non-hydrogen) atoms. The van der Waals surface area contributed by atoms with Crippen LogP contribution in [0.2, 0.25) is 0 Å². The van der Waals surface area contributed by atoms with Crippen molar-refractivity contribution in [3.8, 4) is 6.07 Å². The van der Waals surface area contributed by atoms with Crippen molar-refractivity contribution in [3.63, 3.8) is 0 Å². The van der Waals surface area contributed by atoms with Gasteiger partial charge in [-0.1, -0.05) is 12.8 Å². The second-order valence-corrected chi connectivity index (χ2v) is 4.66. The van der Waals surface area contributed by atoms with Crippen LogP contribution in [-0.2, 0) is 4.79 Å². The second kappa shape index (κ2) is 6.49. The molecule has 0 bridgehead atoms. The maximum atomic E-state index is 12.0. The van der Waals surface area contributed by atoms with E-state index in [4.69, 9.17) is 11.0 Å². The van der Waals surface area contributed by atoms with E-state index in [1.807, 2.05) is 6.92 Å². The Morgan fingerprint density at radius 1 is 1.56 bits per heavy atom. The standard InChI is InChI=1S/C12H21N3O/c1-9(6-7-13)15-12(16)11-5-3-2-4-10(11)8-14/h9-11H,2-6,8,14H2,1H3,(H,15,16). The Morgan fingerprint density at radius 2 is 2.25 bits per heavy atom. The van der Waals surface area contributed by atoms with Crippen LogP contribution in [0.15, 0.2) is 0 Å². The van der Waals surface area contributed by atoms with Gasteiger partial charge in [0.05, 0.1) is 12.5 Å². The molecule has 0 aromatic carbocycles. The number of nitrogens with two attached hydrogens (primary N) is 1. The summed E-state index contributed by atoms with van der Waals surface area (Å²) in [5.41, 5.74) is 5.69. The Bertz CT molecular complexity index is 272. The lowest BCUT2D eigenvalue weighted by atomic mass is 9.78. The Morgan fingerprint density at radius 3 is 2.88 bits per heavy atom. The predicted molar refractivity (Wildman–Crippen MR) is 62.3 cm³/mol. The van der Waals surface area contributed by atoms with Crippen molar-refractivity contribution < 1.29 is 4.79 Å². The summed E-state index contributed by atoms with van der Waals surface area (Å²) in [6.45, 7) is 2.45. The number of hydrogen-bond donors (Lipinski definition) is 2. The molecule has 1 rings (SSSR count). The molecule has 3 atom stereocenters. The smallest absolute Gasteiger partial charge is 0.223 e. The minimum Gasteiger partial charge on any atom is -0.352 e. The van der Waals surface area contributed by atoms with E-state index in [1.165, 1.54) is 6.42 Å². The fourth-order valence-electron chi connectivity index (χ4n) is 2.37. The zero-order valence-corrected chi connectivity index (χ0v) is 9.91. The Balaban J connectivity index is 2.48. The molecule has 3 N–H and O–H groups in total. The third-order valence-electron chi connectivity index (χ3n) is 3.33. The molecule has 4 heteroatoms. The largest absolute Gasteiger partial charge is 0.352 e. The van der Waals surface area contributed by atoms with Crippen molar-refractivity contribution in [1.29, 1.82) is 5.26 Å². The highest BCUT2D eigenvalue weighted by molar-refractivity contribution is 5.79. The Kier molecular flexibility index (Phi) is 5.27. The van der Waals surface area contributed by atoms with Gasteiger partial charge in [0, 0.05) is 12.0 Å². The normalized spacial score (nSPS) is 26.8. The lowest BCUT2D eigenvalue weighted by molar-refractivity contribution is -0.128. The van der Waals surface area contributed by atoms with Gasteiger partial charge in [0.1, 0.15) is 0 Å². The minimum atomic E-state index is -0.0575. The van der Waals surface area contributed by atoms with Crippen LogP contribution in [0.3, 0.4) is 0 Å². The Hall–Kier alpha value is -1.08. The summed E-state index contributed by atoms with van der Waals surface area (Å²) in [5, 5.41) is 11.4. The van der Waals surface area contributed by atoms with E-state index in [9.17, 15) is 4.79 Å². The number of nitrogens with one attached hydrogen (secondary N) is 1. The molecular formula is C12H21N3O. The molecule has 0 aliphatic heterocycles. The zero-order valence-electron chi connectivity index (χ0n) is 9.91. The number of nitriles is 1. The topological polar surface area (TPSA) is 78.9 Å². The van der Waals surface area contributed by atoms with Crippen LogP contribution >= 0.6 is 0 Å². The first-order valence-corrected chi connectivity index (χ1v) is 6.06. The van der Waals surface area contributed by atoms with Crippen LogP contribution in [0.5, 0.6) is 0 Å². The number of amides is 1. The number of nitrogens with zero attached hydrogens (tertiary/aromatic N) is 1. The van der Waals surface area contributed by atoms with Gasteiger partial charge in [-0.05, 0) is 32.2 Å². The van der Waals surface area contributed by atoms with Gasteiger partial charge in [-0.25, -0.2) is 0 Å². The van der Waals surface area contributed by atoms with E-state index in [2.05, 4.69) is 11.4 Å². The van der Waals surface area contributed by atoms with Crippen molar-refractivity contribution in [2.24, 2.45) is 17.6 Å². The van der Waals surface area contributed by atoms with Crippen LogP contribution in [0.25, 0.3) is 0 Å². The number of hydrogen-bond acceptors (Lipinski definition) is 3. The molecule has 0 radical (unpaired) electrons. The highest BCUT2D eigenvalue weighted by atomic mass is 16.1. The fraction of sp³-hybridized carbons (Fsp3) is 0.833. The predicted octanol–water partition coefficient (Wildman–Crippen LogP) is 1.17.